The lowest BCUT2D eigenvalue weighted by molar-refractivity contribution is -0.135. The molecular formula is C21H24N2O5. The fourth-order valence-corrected chi connectivity index (χ4v) is 5.11. The van der Waals surface area contributed by atoms with Gasteiger partial charge in [0.25, 0.3) is 5.91 Å². The fourth-order valence-electron chi connectivity index (χ4n) is 5.11. The van der Waals surface area contributed by atoms with Crippen LogP contribution < -0.4 is 14.8 Å². The molecule has 2 saturated heterocycles. The number of hydrogen-bond donors (Lipinski definition) is 1. The molecule has 6 rings (SSSR count). The first-order chi connectivity index (χ1) is 13.5. The van der Waals surface area contributed by atoms with Crippen molar-refractivity contribution >= 4 is 11.9 Å². The monoisotopic (exact) mass is 384 g/mol. The lowest BCUT2D eigenvalue weighted by Gasteiger charge is -2.40. The van der Waals surface area contributed by atoms with E-state index in [0.29, 0.717) is 25.9 Å². The molecular weight excluding hydrogens is 360 g/mol. The zero-order chi connectivity index (χ0) is 19.1. The first-order valence-electron chi connectivity index (χ1n) is 10.2. The molecule has 1 aromatic carbocycles. The second kappa shape index (κ2) is 5.41. The molecule has 0 radical (unpaired) electrons. The van der Waals surface area contributed by atoms with Crippen LogP contribution in [-0.2, 0) is 14.9 Å². The summed E-state index contributed by atoms with van der Waals surface area (Å²) in [6, 6.07) is 3.80. The third-order valence-electron chi connectivity index (χ3n) is 7.04. The Morgan fingerprint density at radius 1 is 1.18 bits per heavy atom. The Bertz CT molecular complexity index is 881. The molecule has 1 N–H and O–H groups in total. The molecule has 2 saturated carbocycles. The number of rotatable bonds is 3. The van der Waals surface area contributed by atoms with Crippen molar-refractivity contribution in [2.45, 2.75) is 62.1 Å². The molecule has 7 nitrogen and oxygen atoms in total. The molecule has 7 heteroatoms. The maximum absolute atomic E-state index is 12.8. The Morgan fingerprint density at radius 3 is 2.71 bits per heavy atom. The SMILES string of the molecule is Cc1cc2c(c(OC3CC(N4C(=O)N[C@@]5(CCOC5)C4=O)C3)c1)C1(CC1)CO2. The van der Waals surface area contributed by atoms with Crippen molar-refractivity contribution in [3.63, 3.8) is 0 Å². The van der Waals surface area contributed by atoms with Gasteiger partial charge in [-0.2, -0.15) is 0 Å². The van der Waals surface area contributed by atoms with Crippen LogP contribution in [0.25, 0.3) is 0 Å². The van der Waals surface area contributed by atoms with E-state index >= 15 is 0 Å². The van der Waals surface area contributed by atoms with E-state index in [9.17, 15) is 9.59 Å². The largest absolute Gasteiger partial charge is 0.492 e. The number of fused-ring (bicyclic) bond motifs is 2. The molecule has 148 valence electrons. The van der Waals surface area contributed by atoms with Gasteiger partial charge in [0.2, 0.25) is 0 Å². The highest BCUT2D eigenvalue weighted by atomic mass is 16.5. The summed E-state index contributed by atoms with van der Waals surface area (Å²) in [5.41, 5.74) is 1.66. The number of urea groups is 1. The number of ether oxygens (including phenoxy) is 3. The molecule has 0 aromatic heterocycles. The van der Waals surface area contributed by atoms with Gasteiger partial charge in [0, 0.05) is 42.9 Å². The highest BCUT2D eigenvalue weighted by molar-refractivity contribution is 6.07. The van der Waals surface area contributed by atoms with Crippen molar-refractivity contribution in [2.75, 3.05) is 19.8 Å². The number of hydrogen-bond acceptors (Lipinski definition) is 5. The summed E-state index contributed by atoms with van der Waals surface area (Å²) in [6.07, 6.45) is 4.22. The molecule has 0 unspecified atom stereocenters. The van der Waals surface area contributed by atoms with E-state index in [1.165, 1.54) is 10.5 Å². The van der Waals surface area contributed by atoms with Gasteiger partial charge in [0.05, 0.1) is 13.2 Å². The molecule has 3 aliphatic heterocycles. The van der Waals surface area contributed by atoms with Gasteiger partial charge in [-0.25, -0.2) is 4.79 Å². The Morgan fingerprint density at radius 2 is 2.00 bits per heavy atom. The lowest BCUT2D eigenvalue weighted by Crippen LogP contribution is -2.53. The predicted octanol–water partition coefficient (Wildman–Crippen LogP) is 2.04. The highest BCUT2D eigenvalue weighted by Crippen LogP contribution is 2.59. The normalized spacial score (nSPS) is 34.4. The number of imide groups is 1. The molecule has 4 fully saturated rings. The van der Waals surface area contributed by atoms with Crippen molar-refractivity contribution in [1.29, 1.82) is 0 Å². The van der Waals surface area contributed by atoms with Crippen LogP contribution in [0.5, 0.6) is 11.5 Å². The van der Waals surface area contributed by atoms with E-state index in [2.05, 4.69) is 17.4 Å². The molecule has 1 atom stereocenters. The Kier molecular flexibility index (Phi) is 3.22. The van der Waals surface area contributed by atoms with Gasteiger partial charge in [0.15, 0.2) is 0 Å². The number of carbonyl (C=O) groups excluding carboxylic acids is 2. The first kappa shape index (κ1) is 16.7. The van der Waals surface area contributed by atoms with Gasteiger partial charge in [-0.3, -0.25) is 9.69 Å². The number of aryl methyl sites for hydroxylation is 1. The molecule has 1 aromatic rings. The topological polar surface area (TPSA) is 77.1 Å². The van der Waals surface area contributed by atoms with Gasteiger partial charge in [0.1, 0.15) is 23.1 Å². The fraction of sp³-hybridized carbons (Fsp3) is 0.619. The zero-order valence-corrected chi connectivity index (χ0v) is 16.0. The standard InChI is InChI=1S/C21H24N2O5/c1-12-6-15-17(20(2-3-20)10-27-15)16(7-12)28-14-8-13(9-14)23-18(24)21(22-19(23)25)4-5-26-11-21/h6-7,13-14H,2-5,8-11H2,1H3,(H,22,25)/t13?,14?,21-/m1/s1. The van der Waals surface area contributed by atoms with E-state index in [0.717, 1.165) is 36.5 Å². The summed E-state index contributed by atoms with van der Waals surface area (Å²) in [6.45, 7) is 3.59. The van der Waals surface area contributed by atoms with Crippen LogP contribution in [0.2, 0.25) is 0 Å². The third kappa shape index (κ3) is 2.19. The van der Waals surface area contributed by atoms with Crippen LogP contribution >= 0.6 is 0 Å². The van der Waals surface area contributed by atoms with Crippen molar-refractivity contribution in [2.24, 2.45) is 0 Å². The second-order valence-electron chi connectivity index (χ2n) is 9.06. The van der Waals surface area contributed by atoms with Gasteiger partial charge >= 0.3 is 6.03 Å². The number of amides is 3. The number of benzene rings is 1. The molecule has 3 amide bonds. The maximum atomic E-state index is 12.8. The number of carbonyl (C=O) groups is 2. The molecule has 2 aliphatic carbocycles. The Hall–Kier alpha value is -2.28. The van der Waals surface area contributed by atoms with Gasteiger partial charge in [-0.15, -0.1) is 0 Å². The van der Waals surface area contributed by atoms with Crippen molar-refractivity contribution in [3.05, 3.63) is 23.3 Å². The van der Waals surface area contributed by atoms with E-state index in [-0.39, 0.29) is 36.1 Å². The average Bonchev–Trinajstić information content (AvgIpc) is 2.97. The summed E-state index contributed by atoms with van der Waals surface area (Å²) < 4.78 is 17.6. The van der Waals surface area contributed by atoms with Crippen LogP contribution in [0.15, 0.2) is 12.1 Å². The quantitative estimate of drug-likeness (QED) is 0.807. The van der Waals surface area contributed by atoms with Crippen LogP contribution in [-0.4, -0.2) is 54.3 Å². The van der Waals surface area contributed by atoms with Crippen LogP contribution in [0.4, 0.5) is 4.79 Å². The van der Waals surface area contributed by atoms with Crippen molar-refractivity contribution < 1.29 is 23.8 Å². The minimum atomic E-state index is -0.837. The van der Waals surface area contributed by atoms with E-state index in [1.807, 2.05) is 6.92 Å². The average molecular weight is 384 g/mol. The summed E-state index contributed by atoms with van der Waals surface area (Å²) in [4.78, 5) is 26.7. The van der Waals surface area contributed by atoms with E-state index in [1.54, 1.807) is 0 Å². The van der Waals surface area contributed by atoms with E-state index in [4.69, 9.17) is 14.2 Å². The number of nitrogens with one attached hydrogen (secondary N) is 1. The van der Waals surface area contributed by atoms with Gasteiger partial charge in [-0.05, 0) is 37.5 Å². The molecule has 0 bridgehead atoms. The molecule has 3 heterocycles. The zero-order valence-electron chi connectivity index (χ0n) is 16.0. The van der Waals surface area contributed by atoms with Crippen LogP contribution in [0.3, 0.4) is 0 Å². The van der Waals surface area contributed by atoms with Crippen molar-refractivity contribution in [3.8, 4) is 11.5 Å². The van der Waals surface area contributed by atoms with Crippen LogP contribution in [0, 0.1) is 6.92 Å². The van der Waals surface area contributed by atoms with Gasteiger partial charge in [-0.1, -0.05) is 0 Å². The predicted molar refractivity (Wildman–Crippen MR) is 98.6 cm³/mol. The minimum Gasteiger partial charge on any atom is -0.492 e. The highest BCUT2D eigenvalue weighted by Gasteiger charge is 2.57. The Labute approximate surface area is 163 Å². The second-order valence-corrected chi connectivity index (χ2v) is 9.06. The van der Waals surface area contributed by atoms with E-state index < -0.39 is 5.54 Å². The lowest BCUT2D eigenvalue weighted by atomic mass is 9.86. The number of nitrogens with zero attached hydrogens (tertiary/aromatic N) is 1. The summed E-state index contributed by atoms with van der Waals surface area (Å²) in [5, 5.41) is 2.86. The molecule has 5 aliphatic rings. The maximum Gasteiger partial charge on any atom is 0.325 e. The Balaban J connectivity index is 1.17. The summed E-state index contributed by atoms with van der Waals surface area (Å²) >= 11 is 0. The minimum absolute atomic E-state index is 0.0179. The van der Waals surface area contributed by atoms with Crippen LogP contribution in [0.1, 0.15) is 43.2 Å². The first-order valence-corrected chi connectivity index (χ1v) is 10.2. The smallest absolute Gasteiger partial charge is 0.325 e. The molecule has 28 heavy (non-hydrogen) atoms. The summed E-state index contributed by atoms with van der Waals surface area (Å²) in [7, 11) is 0. The third-order valence-corrected chi connectivity index (χ3v) is 7.04. The molecule has 2 spiro atoms. The summed E-state index contributed by atoms with van der Waals surface area (Å²) in [5.74, 6) is 1.74. The van der Waals surface area contributed by atoms with Crippen molar-refractivity contribution in [1.82, 2.24) is 10.2 Å². The van der Waals surface area contributed by atoms with Gasteiger partial charge < -0.3 is 19.5 Å².